The van der Waals surface area contributed by atoms with Gasteiger partial charge in [0.2, 0.25) is 5.91 Å². The summed E-state index contributed by atoms with van der Waals surface area (Å²) in [5, 5.41) is 12.3. The molecule has 2 aromatic carbocycles. The first-order chi connectivity index (χ1) is 13.0. The number of nitrogens with one attached hydrogen (secondary N) is 1. The molecule has 3 rings (SSSR count). The molecule has 3 aromatic rings. The van der Waals surface area contributed by atoms with Gasteiger partial charge in [0, 0.05) is 16.6 Å². The van der Waals surface area contributed by atoms with Crippen molar-refractivity contribution in [3.05, 3.63) is 58.1 Å². The minimum absolute atomic E-state index is 0.0763. The van der Waals surface area contributed by atoms with Crippen LogP contribution in [0.1, 0.15) is 18.1 Å². The fourth-order valence-electron chi connectivity index (χ4n) is 2.74. The predicted octanol–water partition coefficient (Wildman–Crippen LogP) is 5.08. The van der Waals surface area contributed by atoms with Crippen molar-refractivity contribution in [2.24, 2.45) is 0 Å². The summed E-state index contributed by atoms with van der Waals surface area (Å²) in [6, 6.07) is 13.9. The van der Waals surface area contributed by atoms with Crippen molar-refractivity contribution < 1.29 is 4.79 Å². The zero-order chi connectivity index (χ0) is 19.4. The van der Waals surface area contributed by atoms with E-state index in [1.807, 2.05) is 47.9 Å². The smallest absolute Gasteiger partial charge is 0.234 e. The number of thioether (sulfide) groups is 1. The largest absolute Gasteiger partial charge is 0.324 e. The van der Waals surface area contributed by atoms with Gasteiger partial charge < -0.3 is 9.88 Å². The summed E-state index contributed by atoms with van der Waals surface area (Å²) in [5.41, 5.74) is 4.11. The molecule has 0 atom stereocenters. The second kappa shape index (κ2) is 8.71. The molecule has 0 aliphatic carbocycles. The van der Waals surface area contributed by atoms with Gasteiger partial charge in [-0.2, -0.15) is 0 Å². The van der Waals surface area contributed by atoms with E-state index in [9.17, 15) is 4.79 Å². The molecule has 1 N–H and O–H groups in total. The molecule has 1 aromatic heterocycles. The highest BCUT2D eigenvalue weighted by Crippen LogP contribution is 2.27. The molecule has 0 aliphatic heterocycles. The fraction of sp³-hybridized carbons (Fsp3) is 0.250. The second-order valence-corrected chi connectivity index (χ2v) is 7.98. The molecule has 0 spiro atoms. The Bertz CT molecular complexity index is 970. The monoisotopic (exact) mass is 444 g/mol. The molecule has 0 saturated carbocycles. The van der Waals surface area contributed by atoms with Crippen LogP contribution in [0.25, 0.3) is 11.4 Å². The molecule has 27 heavy (non-hydrogen) atoms. The minimum Gasteiger partial charge on any atom is -0.324 e. The zero-order valence-electron chi connectivity index (χ0n) is 15.5. The number of hydrogen-bond donors (Lipinski definition) is 1. The lowest BCUT2D eigenvalue weighted by molar-refractivity contribution is -0.113. The van der Waals surface area contributed by atoms with Crippen LogP contribution in [0.5, 0.6) is 0 Å². The first-order valence-electron chi connectivity index (χ1n) is 8.67. The van der Waals surface area contributed by atoms with Crippen LogP contribution in [0.2, 0.25) is 0 Å². The van der Waals surface area contributed by atoms with Gasteiger partial charge in [-0.3, -0.25) is 4.79 Å². The molecular weight excluding hydrogens is 424 g/mol. The average Bonchev–Trinajstić information content (AvgIpc) is 3.05. The van der Waals surface area contributed by atoms with Crippen LogP contribution in [0.4, 0.5) is 5.69 Å². The molecule has 140 valence electrons. The van der Waals surface area contributed by atoms with Gasteiger partial charge in [0.05, 0.1) is 11.4 Å². The number of halogens is 1. The molecule has 0 bridgehead atoms. The maximum absolute atomic E-state index is 12.3. The van der Waals surface area contributed by atoms with Crippen LogP contribution in [-0.2, 0) is 11.3 Å². The Labute approximate surface area is 171 Å². The number of anilines is 1. The number of aryl methyl sites for hydroxylation is 2. The SMILES string of the molecule is CCn1c(SCC(=O)Nc2ccc(C)cc2Br)nnc1-c1ccccc1C. The summed E-state index contributed by atoms with van der Waals surface area (Å²) >= 11 is 4.87. The van der Waals surface area contributed by atoms with Gasteiger partial charge in [-0.15, -0.1) is 10.2 Å². The third-order valence-electron chi connectivity index (χ3n) is 4.15. The zero-order valence-corrected chi connectivity index (χ0v) is 17.9. The Balaban J connectivity index is 1.71. The first kappa shape index (κ1) is 19.6. The van der Waals surface area contributed by atoms with Gasteiger partial charge >= 0.3 is 0 Å². The predicted molar refractivity (Wildman–Crippen MR) is 114 cm³/mol. The van der Waals surface area contributed by atoms with Crippen molar-refractivity contribution in [1.82, 2.24) is 14.8 Å². The first-order valence-corrected chi connectivity index (χ1v) is 10.5. The highest BCUT2D eigenvalue weighted by atomic mass is 79.9. The van der Waals surface area contributed by atoms with E-state index in [2.05, 4.69) is 51.4 Å². The molecule has 0 aliphatic rings. The quantitative estimate of drug-likeness (QED) is 0.538. The number of aromatic nitrogens is 3. The number of benzene rings is 2. The number of carbonyl (C=O) groups excluding carboxylic acids is 1. The van der Waals surface area contributed by atoms with Crippen molar-refractivity contribution in [3.8, 4) is 11.4 Å². The molecule has 7 heteroatoms. The summed E-state index contributed by atoms with van der Waals surface area (Å²) in [7, 11) is 0. The van der Waals surface area contributed by atoms with Crippen molar-refractivity contribution in [2.45, 2.75) is 32.5 Å². The Morgan fingerprint density at radius 3 is 2.67 bits per heavy atom. The highest BCUT2D eigenvalue weighted by molar-refractivity contribution is 9.10. The van der Waals surface area contributed by atoms with E-state index < -0.39 is 0 Å². The maximum atomic E-state index is 12.3. The molecule has 5 nitrogen and oxygen atoms in total. The van der Waals surface area contributed by atoms with Crippen LogP contribution in [-0.4, -0.2) is 26.4 Å². The van der Waals surface area contributed by atoms with Crippen LogP contribution >= 0.6 is 27.7 Å². The Kier molecular flexibility index (Phi) is 6.34. The second-order valence-electron chi connectivity index (χ2n) is 6.19. The Morgan fingerprint density at radius 2 is 1.96 bits per heavy atom. The van der Waals surface area contributed by atoms with E-state index in [0.717, 1.165) is 44.4 Å². The molecule has 1 heterocycles. The van der Waals surface area contributed by atoms with Crippen molar-refractivity contribution in [2.75, 3.05) is 11.1 Å². The standard InChI is InChI=1S/C20H21BrN4OS/c1-4-25-19(15-8-6-5-7-14(15)3)23-24-20(25)27-12-18(26)22-17-10-9-13(2)11-16(17)21/h5-11H,4,12H2,1-3H3,(H,22,26). The summed E-state index contributed by atoms with van der Waals surface area (Å²) in [6.45, 7) is 6.86. The number of amides is 1. The van der Waals surface area contributed by atoms with Crippen LogP contribution in [0.3, 0.4) is 0 Å². The number of hydrogen-bond acceptors (Lipinski definition) is 4. The van der Waals surface area contributed by atoms with Crippen LogP contribution in [0.15, 0.2) is 52.1 Å². The molecule has 0 unspecified atom stereocenters. The number of nitrogens with zero attached hydrogens (tertiary/aromatic N) is 3. The van der Waals surface area contributed by atoms with Gasteiger partial charge in [-0.05, 0) is 60.0 Å². The van der Waals surface area contributed by atoms with Crippen molar-refractivity contribution in [3.63, 3.8) is 0 Å². The number of carbonyl (C=O) groups is 1. The number of rotatable bonds is 6. The summed E-state index contributed by atoms with van der Waals surface area (Å²) < 4.78 is 2.92. The van der Waals surface area contributed by atoms with Gasteiger partial charge in [0.1, 0.15) is 0 Å². The highest BCUT2D eigenvalue weighted by Gasteiger charge is 2.16. The van der Waals surface area contributed by atoms with Gasteiger partial charge in [0.25, 0.3) is 0 Å². The van der Waals surface area contributed by atoms with Crippen molar-refractivity contribution in [1.29, 1.82) is 0 Å². The fourth-order valence-corrected chi connectivity index (χ4v) is 4.14. The third-order valence-corrected chi connectivity index (χ3v) is 5.77. The van der Waals surface area contributed by atoms with E-state index in [4.69, 9.17) is 0 Å². The summed E-state index contributed by atoms with van der Waals surface area (Å²) in [6.07, 6.45) is 0. The third kappa shape index (κ3) is 4.59. The van der Waals surface area contributed by atoms with Crippen LogP contribution in [0, 0.1) is 13.8 Å². The van der Waals surface area contributed by atoms with Gasteiger partial charge in [-0.25, -0.2) is 0 Å². The molecular formula is C20H21BrN4OS. The van der Waals surface area contributed by atoms with E-state index in [1.165, 1.54) is 11.8 Å². The molecule has 0 fully saturated rings. The van der Waals surface area contributed by atoms with Gasteiger partial charge in [0.15, 0.2) is 11.0 Å². The van der Waals surface area contributed by atoms with E-state index in [1.54, 1.807) is 0 Å². The molecule has 0 radical (unpaired) electrons. The normalized spacial score (nSPS) is 10.8. The van der Waals surface area contributed by atoms with E-state index in [-0.39, 0.29) is 11.7 Å². The molecule has 1 amide bonds. The van der Waals surface area contributed by atoms with Crippen molar-refractivity contribution >= 4 is 39.3 Å². The summed E-state index contributed by atoms with van der Waals surface area (Å²) in [4.78, 5) is 12.3. The molecule has 0 saturated heterocycles. The van der Waals surface area contributed by atoms with Gasteiger partial charge in [-0.1, -0.05) is 42.1 Å². The Morgan fingerprint density at radius 1 is 1.19 bits per heavy atom. The average molecular weight is 445 g/mol. The van der Waals surface area contributed by atoms with E-state index in [0.29, 0.717) is 0 Å². The Hall–Kier alpha value is -2.12. The minimum atomic E-state index is -0.0763. The lowest BCUT2D eigenvalue weighted by Crippen LogP contribution is -2.15. The lowest BCUT2D eigenvalue weighted by Gasteiger charge is -2.10. The maximum Gasteiger partial charge on any atom is 0.234 e. The van der Waals surface area contributed by atoms with Crippen LogP contribution < -0.4 is 5.32 Å². The topological polar surface area (TPSA) is 59.8 Å². The van der Waals surface area contributed by atoms with E-state index >= 15 is 0 Å². The summed E-state index contributed by atoms with van der Waals surface area (Å²) in [5.74, 6) is 1.03. The lowest BCUT2D eigenvalue weighted by atomic mass is 10.1.